The molecule has 2 rings (SSSR count). The zero-order valence-corrected chi connectivity index (χ0v) is 18.1. The fourth-order valence-electron chi connectivity index (χ4n) is 3.36. The second-order valence-corrected chi connectivity index (χ2v) is 14.9. The standard InChI is InChI=1S/C20H32N2O3Si/c1-15-20(13-16-11-9-8-10-12-16,21-18(24)25-19(2,3)4)17(23)22(15)14-26(5,6)7/h8-12,15H,13-14H2,1-7H3,(H,21,24)/t15-,20-/m1/s1. The van der Waals surface area contributed by atoms with Crippen molar-refractivity contribution in [2.75, 3.05) is 6.17 Å². The van der Waals surface area contributed by atoms with Crippen molar-refractivity contribution in [2.24, 2.45) is 0 Å². The molecule has 0 radical (unpaired) electrons. The molecule has 0 spiro atoms. The third-order valence-corrected chi connectivity index (χ3v) is 5.81. The summed E-state index contributed by atoms with van der Waals surface area (Å²) in [5, 5.41) is 2.91. The highest BCUT2D eigenvalue weighted by Gasteiger charge is 2.60. The molecule has 0 bridgehead atoms. The molecule has 144 valence electrons. The van der Waals surface area contributed by atoms with Gasteiger partial charge in [0.1, 0.15) is 11.1 Å². The molecular formula is C20H32N2O3Si. The minimum atomic E-state index is -1.45. The fraction of sp³-hybridized carbons (Fsp3) is 0.600. The van der Waals surface area contributed by atoms with Crippen LogP contribution < -0.4 is 5.32 Å². The van der Waals surface area contributed by atoms with Gasteiger partial charge < -0.3 is 15.0 Å². The highest BCUT2D eigenvalue weighted by molar-refractivity contribution is 6.76. The van der Waals surface area contributed by atoms with Crippen molar-refractivity contribution in [3.8, 4) is 0 Å². The number of carbonyl (C=O) groups excluding carboxylic acids is 2. The van der Waals surface area contributed by atoms with E-state index in [1.165, 1.54) is 0 Å². The highest BCUT2D eigenvalue weighted by Crippen LogP contribution is 2.35. The maximum Gasteiger partial charge on any atom is 0.408 e. The van der Waals surface area contributed by atoms with Gasteiger partial charge >= 0.3 is 6.09 Å². The van der Waals surface area contributed by atoms with Crippen LogP contribution >= 0.6 is 0 Å². The summed E-state index contributed by atoms with van der Waals surface area (Å²) in [6.07, 6.45) is 0.718. The van der Waals surface area contributed by atoms with Gasteiger partial charge in [-0.05, 0) is 33.3 Å². The van der Waals surface area contributed by atoms with Crippen LogP contribution in [0.15, 0.2) is 30.3 Å². The van der Waals surface area contributed by atoms with Crippen LogP contribution in [0.2, 0.25) is 19.6 Å². The number of rotatable bonds is 5. The van der Waals surface area contributed by atoms with Crippen LogP contribution in [0.4, 0.5) is 4.79 Å². The number of amides is 2. The number of ether oxygens (including phenoxy) is 1. The topological polar surface area (TPSA) is 58.6 Å². The lowest BCUT2D eigenvalue weighted by atomic mass is 9.75. The van der Waals surface area contributed by atoms with Crippen LogP contribution in [0, 0.1) is 0 Å². The molecule has 1 heterocycles. The largest absolute Gasteiger partial charge is 0.444 e. The summed E-state index contributed by atoms with van der Waals surface area (Å²) >= 11 is 0. The Kier molecular flexibility index (Phi) is 5.56. The molecular weight excluding hydrogens is 344 g/mol. The van der Waals surface area contributed by atoms with Crippen molar-refractivity contribution < 1.29 is 14.3 Å². The maximum absolute atomic E-state index is 13.2. The van der Waals surface area contributed by atoms with E-state index >= 15 is 0 Å². The number of alkyl carbamates (subject to hydrolysis) is 1. The lowest BCUT2D eigenvalue weighted by molar-refractivity contribution is -0.159. The second kappa shape index (κ2) is 7.06. The van der Waals surface area contributed by atoms with Crippen LogP contribution in [-0.2, 0) is 16.0 Å². The SMILES string of the molecule is C[C@H]1N(C[Si](C)(C)C)C(=O)[C@]1(Cc1ccccc1)NC(=O)OC(C)(C)C. The molecule has 1 saturated heterocycles. The molecule has 1 fully saturated rings. The number of nitrogens with one attached hydrogen (secondary N) is 1. The van der Waals surface area contributed by atoms with Gasteiger partial charge in [-0.15, -0.1) is 0 Å². The third-order valence-electron chi connectivity index (χ3n) is 4.52. The molecule has 5 nitrogen and oxygen atoms in total. The lowest BCUT2D eigenvalue weighted by Gasteiger charge is -2.56. The van der Waals surface area contributed by atoms with E-state index < -0.39 is 25.3 Å². The number of hydrogen-bond donors (Lipinski definition) is 1. The van der Waals surface area contributed by atoms with Crippen LogP contribution in [-0.4, -0.2) is 48.3 Å². The molecule has 1 aliphatic heterocycles. The molecule has 0 saturated carbocycles. The molecule has 1 aliphatic rings. The van der Waals surface area contributed by atoms with Crippen LogP contribution in [0.3, 0.4) is 0 Å². The zero-order valence-electron chi connectivity index (χ0n) is 17.1. The van der Waals surface area contributed by atoms with Gasteiger partial charge in [-0.1, -0.05) is 50.0 Å². The summed E-state index contributed by atoms with van der Waals surface area (Å²) in [6, 6.07) is 9.74. The summed E-state index contributed by atoms with van der Waals surface area (Å²) in [4.78, 5) is 27.5. The van der Waals surface area contributed by atoms with Crippen molar-refractivity contribution in [3.05, 3.63) is 35.9 Å². The molecule has 1 aromatic carbocycles. The van der Waals surface area contributed by atoms with Crippen molar-refractivity contribution in [1.82, 2.24) is 10.2 Å². The Morgan fingerprint density at radius 3 is 2.27 bits per heavy atom. The Hall–Kier alpha value is -1.82. The summed E-state index contributed by atoms with van der Waals surface area (Å²) in [7, 11) is -1.45. The summed E-state index contributed by atoms with van der Waals surface area (Å²) in [6.45, 7) is 14.2. The first kappa shape index (κ1) is 20.5. The Balaban J connectivity index is 2.26. The van der Waals surface area contributed by atoms with Crippen molar-refractivity contribution in [2.45, 2.75) is 70.9 Å². The van der Waals surface area contributed by atoms with Gasteiger partial charge in [0.15, 0.2) is 0 Å². The molecule has 1 aromatic rings. The van der Waals surface area contributed by atoms with E-state index in [1.807, 2.05) is 62.9 Å². The Morgan fingerprint density at radius 2 is 1.81 bits per heavy atom. The van der Waals surface area contributed by atoms with Crippen LogP contribution in [0.5, 0.6) is 0 Å². The fourth-order valence-corrected chi connectivity index (χ4v) is 4.80. The van der Waals surface area contributed by atoms with Crippen molar-refractivity contribution >= 4 is 20.1 Å². The van der Waals surface area contributed by atoms with E-state index in [4.69, 9.17) is 4.74 Å². The molecule has 2 amide bonds. The molecule has 26 heavy (non-hydrogen) atoms. The third kappa shape index (κ3) is 4.66. The first-order chi connectivity index (χ1) is 11.8. The zero-order chi connectivity index (χ0) is 19.8. The normalized spacial score (nSPS) is 23.4. The molecule has 1 N–H and O–H groups in total. The molecule has 2 atom stereocenters. The molecule has 0 unspecified atom stereocenters. The number of benzene rings is 1. The molecule has 0 aromatic heterocycles. The Labute approximate surface area is 158 Å². The van der Waals surface area contributed by atoms with Gasteiger partial charge in [0.05, 0.1) is 14.1 Å². The smallest absolute Gasteiger partial charge is 0.408 e. The van der Waals surface area contributed by atoms with Gasteiger partial charge in [0.25, 0.3) is 5.91 Å². The quantitative estimate of drug-likeness (QED) is 0.631. The Bertz CT molecular complexity index is 664. The van der Waals surface area contributed by atoms with Crippen LogP contribution in [0.1, 0.15) is 33.3 Å². The van der Waals surface area contributed by atoms with E-state index in [0.717, 1.165) is 11.7 Å². The van der Waals surface area contributed by atoms with Crippen molar-refractivity contribution in [1.29, 1.82) is 0 Å². The summed E-state index contributed by atoms with van der Waals surface area (Å²) in [5.41, 5.74) is -0.522. The average molecular weight is 377 g/mol. The number of hydrogen-bond acceptors (Lipinski definition) is 3. The Morgan fingerprint density at radius 1 is 1.23 bits per heavy atom. The number of nitrogens with zero attached hydrogens (tertiary/aromatic N) is 1. The second-order valence-electron chi connectivity index (χ2n) is 9.43. The minimum Gasteiger partial charge on any atom is -0.444 e. The lowest BCUT2D eigenvalue weighted by Crippen LogP contribution is -2.81. The number of β-lactam (4-membered cyclic amide) rings is 1. The van der Waals surface area contributed by atoms with Gasteiger partial charge in [-0.2, -0.15) is 0 Å². The maximum atomic E-state index is 13.2. The van der Waals surface area contributed by atoms with E-state index in [2.05, 4.69) is 25.0 Å². The summed E-state index contributed by atoms with van der Waals surface area (Å²) in [5.74, 6) is -0.0119. The number of likely N-dealkylation sites (tertiary alicyclic amines) is 1. The van der Waals surface area contributed by atoms with E-state index in [0.29, 0.717) is 6.42 Å². The predicted molar refractivity (Wildman–Crippen MR) is 107 cm³/mol. The van der Waals surface area contributed by atoms with Gasteiger partial charge in [-0.25, -0.2) is 4.79 Å². The van der Waals surface area contributed by atoms with E-state index in [1.54, 1.807) is 0 Å². The first-order valence-electron chi connectivity index (χ1n) is 9.20. The molecule has 0 aliphatic carbocycles. The minimum absolute atomic E-state index is 0.0119. The molecule has 6 heteroatoms. The highest BCUT2D eigenvalue weighted by atomic mass is 28.3. The van der Waals surface area contributed by atoms with Gasteiger partial charge in [-0.3, -0.25) is 4.79 Å². The average Bonchev–Trinajstić information content (AvgIpc) is 2.49. The van der Waals surface area contributed by atoms with Gasteiger partial charge in [0.2, 0.25) is 0 Å². The predicted octanol–water partition coefficient (Wildman–Crippen LogP) is 3.60. The summed E-state index contributed by atoms with van der Waals surface area (Å²) < 4.78 is 5.43. The van der Waals surface area contributed by atoms with Crippen molar-refractivity contribution in [3.63, 3.8) is 0 Å². The first-order valence-corrected chi connectivity index (χ1v) is 12.9. The van der Waals surface area contributed by atoms with E-state index in [-0.39, 0.29) is 11.9 Å². The van der Waals surface area contributed by atoms with Crippen LogP contribution in [0.25, 0.3) is 0 Å². The number of carbonyl (C=O) groups is 2. The van der Waals surface area contributed by atoms with Gasteiger partial charge in [0, 0.05) is 12.6 Å². The monoisotopic (exact) mass is 376 g/mol. The van der Waals surface area contributed by atoms with E-state index in [9.17, 15) is 9.59 Å².